The fourth-order valence-electron chi connectivity index (χ4n) is 2.66. The largest absolute Gasteiger partial charge is 0.458 e. The molecule has 0 aromatic heterocycles. The van der Waals surface area contributed by atoms with Crippen molar-refractivity contribution in [3.8, 4) is 0 Å². The van der Waals surface area contributed by atoms with Crippen molar-refractivity contribution in [3.63, 3.8) is 0 Å². The maximum absolute atomic E-state index is 11.5. The minimum absolute atomic E-state index is 0.0851. The van der Waals surface area contributed by atoms with E-state index in [4.69, 9.17) is 57.6 Å². The van der Waals surface area contributed by atoms with Gasteiger partial charge in [0.05, 0.1) is 126 Å². The van der Waals surface area contributed by atoms with Crippen molar-refractivity contribution >= 4 is 5.97 Å². The number of carbonyl (C=O) groups is 1. The molecule has 15 nitrogen and oxygen atoms in total. The third-order valence-corrected chi connectivity index (χ3v) is 4.39. The Hall–Kier alpha value is -1.62. The number of rotatable bonds is 32. The van der Waals surface area contributed by atoms with Gasteiger partial charge in [-0.05, 0) is 26.3 Å². The molecule has 0 amide bonds. The normalized spacial score (nSPS) is 11.5. The highest BCUT2D eigenvalue weighted by molar-refractivity contribution is 5.71. The summed E-state index contributed by atoms with van der Waals surface area (Å²) in [5.74, 6) is -0.389. The number of azide groups is 1. The lowest BCUT2D eigenvalue weighted by molar-refractivity contribution is -0.160. The van der Waals surface area contributed by atoms with Gasteiger partial charge in [0.1, 0.15) is 12.2 Å². The lowest BCUT2D eigenvalue weighted by Crippen LogP contribution is -2.27. The molecule has 0 saturated carbocycles. The Morgan fingerprint density at radius 1 is 0.512 bits per heavy atom. The highest BCUT2D eigenvalue weighted by Gasteiger charge is 2.15. The van der Waals surface area contributed by atoms with E-state index < -0.39 is 5.60 Å². The molecule has 0 aromatic carbocycles. The van der Waals surface area contributed by atoms with Crippen molar-refractivity contribution in [1.82, 2.24) is 0 Å². The second-order valence-electron chi connectivity index (χ2n) is 9.10. The third kappa shape index (κ3) is 36.4. The average Bonchev–Trinajstić information content (AvgIpc) is 2.92. The highest BCUT2D eigenvalue weighted by atomic mass is 16.6. The molecule has 15 heteroatoms. The number of hydrogen-bond acceptors (Lipinski definition) is 13. The summed E-state index contributed by atoms with van der Waals surface area (Å²) in [5, 5.41) is 3.37. The summed E-state index contributed by atoms with van der Waals surface area (Å²) < 4.78 is 58.8. The van der Waals surface area contributed by atoms with Crippen molar-refractivity contribution in [2.45, 2.75) is 26.4 Å². The van der Waals surface area contributed by atoms with Gasteiger partial charge in [-0.3, -0.25) is 0 Å². The van der Waals surface area contributed by atoms with Crippen LogP contribution in [0.5, 0.6) is 0 Å². The van der Waals surface area contributed by atoms with E-state index in [-0.39, 0.29) is 12.6 Å². The molecule has 0 rings (SSSR count). The summed E-state index contributed by atoms with van der Waals surface area (Å²) >= 11 is 0. The van der Waals surface area contributed by atoms with E-state index in [1.165, 1.54) is 0 Å². The first-order valence-corrected chi connectivity index (χ1v) is 14.0. The summed E-state index contributed by atoms with van der Waals surface area (Å²) in [7, 11) is 0. The first kappa shape index (κ1) is 39.4. The van der Waals surface area contributed by atoms with Crippen LogP contribution in [-0.4, -0.2) is 150 Å². The van der Waals surface area contributed by atoms with Crippen LogP contribution in [0.2, 0.25) is 0 Å². The van der Waals surface area contributed by atoms with Crippen molar-refractivity contribution in [3.05, 3.63) is 10.4 Å². The van der Waals surface area contributed by atoms with Crippen molar-refractivity contribution in [1.29, 1.82) is 0 Å². The fourth-order valence-corrected chi connectivity index (χ4v) is 2.66. The molecule has 0 aliphatic carbocycles. The van der Waals surface area contributed by atoms with E-state index in [0.29, 0.717) is 132 Å². The minimum atomic E-state index is -0.512. The van der Waals surface area contributed by atoms with Gasteiger partial charge in [0.15, 0.2) is 0 Å². The number of carbonyl (C=O) groups excluding carboxylic acids is 1. The van der Waals surface area contributed by atoms with E-state index in [2.05, 4.69) is 10.0 Å². The molecule has 242 valence electrons. The molecule has 0 aromatic rings. The molecule has 0 saturated heterocycles. The van der Waals surface area contributed by atoms with Crippen LogP contribution >= 0.6 is 0 Å². The molecule has 0 radical (unpaired) electrons. The SMILES string of the molecule is CC(C)(C)OC(=O)COCCOCCOCCOCCOCCOCCOCCOCCOCCOCCN=[N+]=[N-]. The van der Waals surface area contributed by atoms with Crippen molar-refractivity contribution < 1.29 is 56.9 Å². The Balaban J connectivity index is 3.10. The van der Waals surface area contributed by atoms with Gasteiger partial charge in [0.2, 0.25) is 0 Å². The molecule has 0 bridgehead atoms. The molecular formula is C26H51N3O12. The molecule has 0 fully saturated rings. The van der Waals surface area contributed by atoms with Crippen LogP contribution in [0.1, 0.15) is 20.8 Å². The van der Waals surface area contributed by atoms with Gasteiger partial charge < -0.3 is 52.1 Å². The number of ether oxygens (including phenoxy) is 11. The van der Waals surface area contributed by atoms with E-state index >= 15 is 0 Å². The van der Waals surface area contributed by atoms with Crippen LogP contribution in [0.25, 0.3) is 10.4 Å². The van der Waals surface area contributed by atoms with Crippen LogP contribution in [-0.2, 0) is 56.9 Å². The number of nitrogens with zero attached hydrogens (tertiary/aromatic N) is 3. The van der Waals surface area contributed by atoms with E-state index in [1.807, 2.05) is 20.8 Å². The van der Waals surface area contributed by atoms with E-state index in [1.54, 1.807) is 0 Å². The molecule has 0 atom stereocenters. The Morgan fingerprint density at radius 3 is 1.05 bits per heavy atom. The average molecular weight is 598 g/mol. The molecule has 0 aliphatic rings. The number of hydrogen-bond donors (Lipinski definition) is 0. The molecular weight excluding hydrogens is 546 g/mol. The van der Waals surface area contributed by atoms with Gasteiger partial charge in [0.25, 0.3) is 0 Å². The van der Waals surface area contributed by atoms with Crippen molar-refractivity contribution in [2.24, 2.45) is 5.11 Å². The number of esters is 1. The Kier molecular flexibility index (Phi) is 30.1. The first-order valence-electron chi connectivity index (χ1n) is 14.0. The van der Waals surface area contributed by atoms with Gasteiger partial charge in [-0.15, -0.1) is 0 Å². The van der Waals surface area contributed by atoms with Crippen molar-refractivity contribution in [2.75, 3.05) is 139 Å². The zero-order valence-electron chi connectivity index (χ0n) is 25.1. The maximum Gasteiger partial charge on any atom is 0.332 e. The summed E-state index contributed by atoms with van der Waals surface area (Å²) in [6, 6.07) is 0. The van der Waals surface area contributed by atoms with Crippen LogP contribution in [0.15, 0.2) is 5.11 Å². The summed E-state index contributed by atoms with van der Waals surface area (Å²) in [6.45, 7) is 14.4. The minimum Gasteiger partial charge on any atom is -0.458 e. The summed E-state index contributed by atoms with van der Waals surface area (Å²) in [5.41, 5.74) is 7.61. The molecule has 0 N–H and O–H groups in total. The maximum atomic E-state index is 11.5. The van der Waals surface area contributed by atoms with Crippen LogP contribution in [0.4, 0.5) is 0 Å². The standard InChI is InChI=1S/C26H51N3O12/c1-26(2,3)41-25(30)24-40-23-22-39-21-20-38-19-18-37-17-16-36-15-14-35-13-12-34-11-10-33-9-8-32-7-6-31-5-4-28-29-27/h4-24H2,1-3H3. The topological polar surface area (TPSA) is 167 Å². The highest BCUT2D eigenvalue weighted by Crippen LogP contribution is 2.06. The summed E-state index contributed by atoms with van der Waals surface area (Å²) in [4.78, 5) is 14.1. The predicted molar refractivity (Wildman–Crippen MR) is 148 cm³/mol. The van der Waals surface area contributed by atoms with Crippen LogP contribution in [0, 0.1) is 0 Å². The molecule has 41 heavy (non-hydrogen) atoms. The lowest BCUT2D eigenvalue weighted by atomic mass is 10.2. The monoisotopic (exact) mass is 597 g/mol. The predicted octanol–water partition coefficient (Wildman–Crippen LogP) is 1.80. The Bertz CT molecular complexity index is 619. The molecule has 0 aliphatic heterocycles. The fraction of sp³-hybridized carbons (Fsp3) is 0.962. The van der Waals surface area contributed by atoms with Crippen LogP contribution in [0.3, 0.4) is 0 Å². The van der Waals surface area contributed by atoms with E-state index in [0.717, 1.165) is 0 Å². The Morgan fingerprint density at radius 2 is 0.780 bits per heavy atom. The zero-order valence-corrected chi connectivity index (χ0v) is 25.1. The van der Waals surface area contributed by atoms with E-state index in [9.17, 15) is 4.79 Å². The van der Waals surface area contributed by atoms with Gasteiger partial charge >= 0.3 is 5.97 Å². The van der Waals surface area contributed by atoms with Gasteiger partial charge in [-0.25, -0.2) is 4.79 Å². The molecule has 0 spiro atoms. The summed E-state index contributed by atoms with van der Waals surface area (Å²) in [6.07, 6.45) is 0. The van der Waals surface area contributed by atoms with Gasteiger partial charge in [-0.1, -0.05) is 5.11 Å². The first-order chi connectivity index (χ1) is 20.0. The third-order valence-electron chi connectivity index (χ3n) is 4.39. The zero-order chi connectivity index (χ0) is 30.1. The quantitative estimate of drug-likeness (QED) is 0.0363. The molecule has 0 unspecified atom stereocenters. The Labute approximate surface area is 243 Å². The smallest absolute Gasteiger partial charge is 0.332 e. The second-order valence-corrected chi connectivity index (χ2v) is 9.10. The van der Waals surface area contributed by atoms with Gasteiger partial charge in [0, 0.05) is 11.5 Å². The molecule has 0 heterocycles. The lowest BCUT2D eigenvalue weighted by Gasteiger charge is -2.19. The second kappa shape index (κ2) is 31.3. The van der Waals surface area contributed by atoms with Crippen LogP contribution < -0.4 is 0 Å². The van der Waals surface area contributed by atoms with Gasteiger partial charge in [-0.2, -0.15) is 0 Å².